The fourth-order valence-electron chi connectivity index (χ4n) is 1.63. The fourth-order valence-corrected chi connectivity index (χ4v) is 1.63. The number of rotatable bonds is 12. The van der Waals surface area contributed by atoms with Gasteiger partial charge in [0.2, 0.25) is 0 Å². The lowest BCUT2D eigenvalue weighted by molar-refractivity contribution is 0.0319. The molecule has 0 unspecified atom stereocenters. The highest BCUT2D eigenvalue weighted by atomic mass is 19.1. The molecule has 0 spiro atoms. The number of ether oxygens (including phenoxy) is 3. The quantitative estimate of drug-likeness (QED) is 0.591. The summed E-state index contributed by atoms with van der Waals surface area (Å²) in [4.78, 5) is 3.76. The number of hydrogen-bond acceptors (Lipinski definition) is 6. The number of nitriles is 1. The Bertz CT molecular complexity index is 465. The van der Waals surface area contributed by atoms with Crippen molar-refractivity contribution in [1.82, 2.24) is 4.98 Å². The molecule has 1 aromatic heterocycles. The van der Waals surface area contributed by atoms with Crippen LogP contribution < -0.4 is 4.74 Å². The summed E-state index contributed by atoms with van der Waals surface area (Å²) < 4.78 is 29.0. The first-order valence-corrected chi connectivity index (χ1v) is 7.23. The van der Waals surface area contributed by atoms with E-state index in [0.717, 1.165) is 19.3 Å². The standard InChI is InChI=1S/C15H21FN2O4/c16-14-5-4-13(12-17)18-15(14)22-8-3-1-2-7-20-10-11-21-9-6-19/h4-5,19H,1-3,6-11H2. The molecule has 0 saturated heterocycles. The third-order valence-electron chi connectivity index (χ3n) is 2.71. The van der Waals surface area contributed by atoms with Gasteiger partial charge in [-0.2, -0.15) is 5.26 Å². The highest BCUT2D eigenvalue weighted by Crippen LogP contribution is 2.14. The molecule has 122 valence electrons. The minimum Gasteiger partial charge on any atom is -0.476 e. The first-order valence-electron chi connectivity index (χ1n) is 7.23. The van der Waals surface area contributed by atoms with E-state index in [0.29, 0.717) is 33.0 Å². The van der Waals surface area contributed by atoms with Crippen LogP contribution in [-0.4, -0.2) is 49.7 Å². The van der Waals surface area contributed by atoms with Gasteiger partial charge < -0.3 is 19.3 Å². The Morgan fingerprint density at radius 1 is 1.05 bits per heavy atom. The van der Waals surface area contributed by atoms with Crippen molar-refractivity contribution < 1.29 is 23.7 Å². The van der Waals surface area contributed by atoms with E-state index >= 15 is 0 Å². The van der Waals surface area contributed by atoms with E-state index in [9.17, 15) is 4.39 Å². The van der Waals surface area contributed by atoms with Crippen molar-refractivity contribution in [3.8, 4) is 11.9 Å². The Morgan fingerprint density at radius 3 is 2.50 bits per heavy atom. The summed E-state index contributed by atoms with van der Waals surface area (Å²) in [6.45, 7) is 2.30. The Morgan fingerprint density at radius 2 is 1.77 bits per heavy atom. The zero-order valence-corrected chi connectivity index (χ0v) is 12.5. The Hall–Kier alpha value is -1.75. The van der Waals surface area contributed by atoms with E-state index in [1.165, 1.54) is 12.1 Å². The Kier molecular flexibility index (Phi) is 9.87. The average molecular weight is 312 g/mol. The zero-order valence-electron chi connectivity index (χ0n) is 12.5. The van der Waals surface area contributed by atoms with Crippen molar-refractivity contribution in [2.75, 3.05) is 39.6 Å². The highest BCUT2D eigenvalue weighted by molar-refractivity contribution is 5.26. The predicted molar refractivity (Wildman–Crippen MR) is 77.0 cm³/mol. The smallest absolute Gasteiger partial charge is 0.251 e. The number of nitrogens with zero attached hydrogens (tertiary/aromatic N) is 2. The highest BCUT2D eigenvalue weighted by Gasteiger charge is 2.06. The van der Waals surface area contributed by atoms with Gasteiger partial charge in [-0.3, -0.25) is 0 Å². The van der Waals surface area contributed by atoms with Gasteiger partial charge in [-0.1, -0.05) is 0 Å². The van der Waals surface area contributed by atoms with Crippen LogP contribution in [0.2, 0.25) is 0 Å². The van der Waals surface area contributed by atoms with Crippen LogP contribution in [0, 0.1) is 17.1 Å². The molecule has 0 aliphatic heterocycles. The van der Waals surface area contributed by atoms with Crippen LogP contribution in [0.5, 0.6) is 5.88 Å². The normalized spacial score (nSPS) is 10.4. The van der Waals surface area contributed by atoms with E-state index < -0.39 is 5.82 Å². The van der Waals surface area contributed by atoms with Gasteiger partial charge in [0.1, 0.15) is 11.8 Å². The predicted octanol–water partition coefficient (Wildman–Crippen LogP) is 1.67. The van der Waals surface area contributed by atoms with E-state index in [2.05, 4.69) is 4.98 Å². The summed E-state index contributed by atoms with van der Waals surface area (Å²) in [5.74, 6) is -0.693. The van der Waals surface area contributed by atoms with Gasteiger partial charge in [-0.25, -0.2) is 9.37 Å². The molecular weight excluding hydrogens is 291 g/mol. The number of hydrogen-bond donors (Lipinski definition) is 1. The number of unbranched alkanes of at least 4 members (excludes halogenated alkanes) is 2. The van der Waals surface area contributed by atoms with Crippen LogP contribution in [-0.2, 0) is 9.47 Å². The zero-order chi connectivity index (χ0) is 16.0. The lowest BCUT2D eigenvalue weighted by Crippen LogP contribution is -2.08. The molecule has 0 radical (unpaired) electrons. The summed E-state index contributed by atoms with van der Waals surface area (Å²) in [7, 11) is 0. The maximum Gasteiger partial charge on any atom is 0.251 e. The van der Waals surface area contributed by atoms with Crippen molar-refractivity contribution in [2.24, 2.45) is 0 Å². The van der Waals surface area contributed by atoms with Crippen LogP contribution in [0.1, 0.15) is 25.0 Å². The third-order valence-corrected chi connectivity index (χ3v) is 2.71. The number of aliphatic hydroxyl groups excluding tert-OH is 1. The minimum atomic E-state index is -0.565. The van der Waals surface area contributed by atoms with E-state index in [4.69, 9.17) is 24.6 Å². The lowest BCUT2D eigenvalue weighted by Gasteiger charge is -2.07. The van der Waals surface area contributed by atoms with Gasteiger partial charge in [0.15, 0.2) is 5.82 Å². The summed E-state index contributed by atoms with van der Waals surface area (Å²) in [5.41, 5.74) is 0.133. The van der Waals surface area contributed by atoms with Crippen LogP contribution in [0.3, 0.4) is 0 Å². The number of aromatic nitrogens is 1. The SMILES string of the molecule is N#Cc1ccc(F)c(OCCCCCOCCOCCO)n1. The Balaban J connectivity index is 2.01. The summed E-state index contributed by atoms with van der Waals surface area (Å²) in [6.07, 6.45) is 2.51. The fraction of sp³-hybridized carbons (Fsp3) is 0.600. The van der Waals surface area contributed by atoms with Crippen molar-refractivity contribution in [1.29, 1.82) is 5.26 Å². The number of halogens is 1. The second kappa shape index (κ2) is 11.9. The minimum absolute atomic E-state index is 0.0206. The largest absolute Gasteiger partial charge is 0.476 e. The number of aliphatic hydroxyl groups is 1. The van der Waals surface area contributed by atoms with Crippen molar-refractivity contribution in [2.45, 2.75) is 19.3 Å². The van der Waals surface area contributed by atoms with E-state index in [1.807, 2.05) is 6.07 Å². The molecule has 0 bridgehead atoms. The van der Waals surface area contributed by atoms with Gasteiger partial charge >= 0.3 is 0 Å². The van der Waals surface area contributed by atoms with Gasteiger partial charge in [0.05, 0.1) is 33.0 Å². The molecule has 0 aliphatic rings. The van der Waals surface area contributed by atoms with Crippen LogP contribution >= 0.6 is 0 Å². The molecule has 1 N–H and O–H groups in total. The third kappa shape index (κ3) is 7.88. The molecular formula is C15H21FN2O4. The molecule has 0 aromatic carbocycles. The van der Waals surface area contributed by atoms with Gasteiger partial charge in [0.25, 0.3) is 5.88 Å². The molecule has 1 heterocycles. The monoisotopic (exact) mass is 312 g/mol. The Labute approximate surface area is 129 Å². The van der Waals surface area contributed by atoms with Crippen LogP contribution in [0.15, 0.2) is 12.1 Å². The van der Waals surface area contributed by atoms with Crippen LogP contribution in [0.25, 0.3) is 0 Å². The molecule has 0 amide bonds. The van der Waals surface area contributed by atoms with Crippen molar-refractivity contribution >= 4 is 0 Å². The first kappa shape index (κ1) is 18.3. The molecule has 0 aliphatic carbocycles. The number of pyridine rings is 1. The van der Waals surface area contributed by atoms with Crippen LogP contribution in [0.4, 0.5) is 4.39 Å². The molecule has 6 nitrogen and oxygen atoms in total. The van der Waals surface area contributed by atoms with Gasteiger partial charge in [0, 0.05) is 6.61 Å². The molecule has 0 saturated carbocycles. The van der Waals surface area contributed by atoms with Crippen molar-refractivity contribution in [3.63, 3.8) is 0 Å². The lowest BCUT2D eigenvalue weighted by atomic mass is 10.2. The summed E-state index contributed by atoms with van der Waals surface area (Å²) >= 11 is 0. The van der Waals surface area contributed by atoms with Gasteiger partial charge in [-0.15, -0.1) is 0 Å². The molecule has 22 heavy (non-hydrogen) atoms. The van der Waals surface area contributed by atoms with Gasteiger partial charge in [-0.05, 0) is 31.4 Å². The van der Waals surface area contributed by atoms with E-state index in [1.54, 1.807) is 0 Å². The van der Waals surface area contributed by atoms with E-state index in [-0.39, 0.29) is 18.2 Å². The maximum absolute atomic E-state index is 13.4. The second-order valence-electron chi connectivity index (χ2n) is 4.45. The topological polar surface area (TPSA) is 84.6 Å². The molecule has 0 fully saturated rings. The first-order chi connectivity index (χ1) is 10.8. The average Bonchev–Trinajstić information content (AvgIpc) is 2.54. The van der Waals surface area contributed by atoms with Crippen molar-refractivity contribution in [3.05, 3.63) is 23.6 Å². The maximum atomic E-state index is 13.4. The molecule has 1 aromatic rings. The second-order valence-corrected chi connectivity index (χ2v) is 4.45. The molecule has 7 heteroatoms. The molecule has 1 rings (SSSR count). The summed E-state index contributed by atoms with van der Waals surface area (Å²) in [5, 5.41) is 17.2. The molecule has 0 atom stereocenters. The summed E-state index contributed by atoms with van der Waals surface area (Å²) in [6, 6.07) is 4.32.